The van der Waals surface area contributed by atoms with Gasteiger partial charge in [0, 0.05) is 60.2 Å². The molecule has 3 aromatic rings. The van der Waals surface area contributed by atoms with Gasteiger partial charge in [0.15, 0.2) is 5.96 Å². The zero-order valence-electron chi connectivity index (χ0n) is 33.8. The second kappa shape index (κ2) is 13.2. The van der Waals surface area contributed by atoms with Crippen molar-refractivity contribution in [2.45, 2.75) is 138 Å². The first-order valence-electron chi connectivity index (χ1n) is 22.7. The summed E-state index contributed by atoms with van der Waals surface area (Å²) < 4.78 is 0. The van der Waals surface area contributed by atoms with Crippen molar-refractivity contribution < 1.29 is 15.3 Å². The van der Waals surface area contributed by atoms with E-state index in [1.165, 1.54) is 48.0 Å². The third kappa shape index (κ3) is 5.26. The number of hydrogen-bond acceptors (Lipinski definition) is 4. The van der Waals surface area contributed by atoms with E-state index in [0.29, 0.717) is 24.2 Å². The fraction of sp³-hybridized carbons (Fsp3) is 0.653. The number of nitrogens with one attached hydrogen (secondary N) is 3. The number of hydrogen-bond donors (Lipinski definition) is 7. The zero-order valence-corrected chi connectivity index (χ0v) is 33.8. The number of aromatic amines is 2. The van der Waals surface area contributed by atoms with Gasteiger partial charge in [-0.1, -0.05) is 60.4 Å². The van der Waals surface area contributed by atoms with E-state index in [0.717, 1.165) is 70.6 Å². The predicted octanol–water partition coefficient (Wildman–Crippen LogP) is 7.48. The SMILES string of the molecule is CN=C(N)N[C@H]1C#C[C@H]2C[C@@]34CC[C@@H](C3)[C@@H](c3ccc[nH]3)CCC4=C(Cc3cc4ccccc4[nH]3)[C@]23C[C@H]2CC[C@@H]3[C@H]3[C@H](C[C@@H](O)[C@@]3(O)C1)[C@@]2(O)C1CCCCC1. The fourth-order valence-corrected chi connectivity index (χ4v) is 16.2. The third-order valence-corrected chi connectivity index (χ3v) is 18.3. The van der Waals surface area contributed by atoms with Gasteiger partial charge in [-0.2, -0.15) is 0 Å². The van der Waals surface area contributed by atoms with Gasteiger partial charge < -0.3 is 36.3 Å². The molecule has 0 unspecified atom stereocenters. The summed E-state index contributed by atoms with van der Waals surface area (Å²) in [6.45, 7) is 0. The number of benzene rings is 1. The first-order valence-corrected chi connectivity index (χ1v) is 22.7. The van der Waals surface area contributed by atoms with Gasteiger partial charge in [-0.05, 0) is 148 Å². The lowest BCUT2D eigenvalue weighted by Gasteiger charge is -2.59. The van der Waals surface area contributed by atoms with Gasteiger partial charge in [0.2, 0.25) is 0 Å². The summed E-state index contributed by atoms with van der Waals surface area (Å²) in [6, 6.07) is 15.1. The van der Waals surface area contributed by atoms with Crippen molar-refractivity contribution in [1.82, 2.24) is 15.3 Å². The molecule has 6 bridgehead atoms. The van der Waals surface area contributed by atoms with Gasteiger partial charge in [-0.3, -0.25) is 4.99 Å². The molecule has 2 spiro atoms. The molecule has 2 heterocycles. The largest absolute Gasteiger partial charge is 0.390 e. The summed E-state index contributed by atoms with van der Waals surface area (Å²) in [4.78, 5) is 11.8. The Morgan fingerprint density at radius 2 is 1.79 bits per heavy atom. The van der Waals surface area contributed by atoms with Crippen LogP contribution in [0.4, 0.5) is 0 Å². The number of H-pyrrole nitrogens is 2. The van der Waals surface area contributed by atoms with E-state index in [9.17, 15) is 15.3 Å². The van der Waals surface area contributed by atoms with E-state index < -0.39 is 23.3 Å². The second-order valence-corrected chi connectivity index (χ2v) is 20.3. The standard InChI is InChI=1S/C49H63N5O3/c1-51-45(50)54-34-15-13-32-26-46-20-19-30(25-46)36(42-12-7-21-52-42)16-18-37(46)39(23-35-22-29-8-5-6-11-41(29)53-35)47(32)27-33-14-17-38(47)44-40(24-43(55)48(44,56)28-34)49(33,57)31-9-3-2-4-10-31/h5-8,11-12,21-22,30-34,36,38,40,43-44,52-53,55-57H,2-4,9-10,14,16-20,23-28H2,1H3,(H3,50,51,54)/t30-,32-,33+,34-,36-,38+,40-,43+,44-,46+,47+,48-,49+/m0/s1. The molecule has 12 rings (SSSR count). The van der Waals surface area contributed by atoms with Crippen LogP contribution in [0.15, 0.2) is 64.8 Å². The van der Waals surface area contributed by atoms with Crippen LogP contribution in [0.1, 0.15) is 120 Å². The zero-order chi connectivity index (χ0) is 38.7. The molecule has 9 aliphatic carbocycles. The quantitative estimate of drug-likeness (QED) is 0.0624. The summed E-state index contributed by atoms with van der Waals surface area (Å²) in [5.74, 6) is 9.25. The molecule has 302 valence electrons. The minimum absolute atomic E-state index is 0.0627. The molecule has 8 N–H and O–H groups in total. The number of guanidine groups is 1. The monoisotopic (exact) mass is 769 g/mol. The normalized spacial score (nSPS) is 43.9. The lowest BCUT2D eigenvalue weighted by molar-refractivity contribution is -0.142. The highest BCUT2D eigenvalue weighted by atomic mass is 16.3. The summed E-state index contributed by atoms with van der Waals surface area (Å²) >= 11 is 0. The van der Waals surface area contributed by atoms with Crippen LogP contribution in [-0.2, 0) is 6.42 Å². The van der Waals surface area contributed by atoms with Crippen molar-refractivity contribution >= 4 is 16.9 Å². The van der Waals surface area contributed by atoms with Gasteiger partial charge in [0.25, 0.3) is 0 Å². The average molecular weight is 770 g/mol. The number of rotatable bonds is 5. The number of aliphatic imine (C=N–C) groups is 1. The van der Waals surface area contributed by atoms with Crippen molar-refractivity contribution in [3.63, 3.8) is 0 Å². The topological polar surface area (TPSA) is 143 Å². The van der Waals surface area contributed by atoms with Crippen molar-refractivity contribution in [2.75, 3.05) is 7.05 Å². The molecule has 57 heavy (non-hydrogen) atoms. The highest BCUT2D eigenvalue weighted by molar-refractivity contribution is 5.80. The minimum atomic E-state index is -1.42. The molecule has 13 atom stereocenters. The van der Waals surface area contributed by atoms with Crippen molar-refractivity contribution in [3.05, 3.63) is 71.2 Å². The van der Waals surface area contributed by atoms with Gasteiger partial charge in [-0.15, -0.1) is 0 Å². The molecule has 9 aliphatic rings. The van der Waals surface area contributed by atoms with Crippen LogP contribution >= 0.6 is 0 Å². The number of para-hydroxylation sites is 1. The maximum absolute atomic E-state index is 13.9. The Hall–Kier alpha value is -3.51. The molecule has 2 aromatic heterocycles. The van der Waals surface area contributed by atoms with Crippen LogP contribution in [0.25, 0.3) is 10.9 Å². The number of aromatic nitrogens is 2. The summed E-state index contributed by atoms with van der Waals surface area (Å²) in [5, 5.41) is 44.3. The van der Waals surface area contributed by atoms with E-state index >= 15 is 0 Å². The summed E-state index contributed by atoms with van der Waals surface area (Å²) in [6.07, 6.45) is 18.0. The van der Waals surface area contributed by atoms with Crippen molar-refractivity contribution in [3.8, 4) is 11.8 Å². The molecule has 0 saturated heterocycles. The molecular weight excluding hydrogens is 707 g/mol. The molecular formula is C49H63N5O3. The van der Waals surface area contributed by atoms with Crippen LogP contribution in [0, 0.1) is 64.1 Å². The Balaban J connectivity index is 1.17. The Morgan fingerprint density at radius 3 is 2.60 bits per heavy atom. The molecule has 8 nitrogen and oxygen atoms in total. The number of fused-ring (bicyclic) bond motifs is 3. The molecule has 0 amide bonds. The van der Waals surface area contributed by atoms with Crippen LogP contribution in [-0.4, -0.2) is 61.6 Å². The second-order valence-electron chi connectivity index (χ2n) is 20.3. The van der Waals surface area contributed by atoms with Crippen LogP contribution in [0.2, 0.25) is 0 Å². The van der Waals surface area contributed by atoms with E-state index in [1.807, 2.05) is 0 Å². The maximum atomic E-state index is 13.9. The van der Waals surface area contributed by atoms with Crippen LogP contribution in [0.3, 0.4) is 0 Å². The lowest BCUT2D eigenvalue weighted by atomic mass is 9.44. The molecule has 0 radical (unpaired) electrons. The van der Waals surface area contributed by atoms with Crippen molar-refractivity contribution in [2.24, 2.45) is 63.0 Å². The molecule has 0 aliphatic heterocycles. The van der Waals surface area contributed by atoms with Gasteiger partial charge in [-0.25, -0.2) is 0 Å². The van der Waals surface area contributed by atoms with Gasteiger partial charge >= 0.3 is 0 Å². The van der Waals surface area contributed by atoms with E-state index in [1.54, 1.807) is 18.2 Å². The third-order valence-electron chi connectivity index (χ3n) is 18.3. The number of nitrogens with zero attached hydrogens (tertiary/aromatic N) is 1. The Morgan fingerprint density at radius 1 is 0.930 bits per heavy atom. The molecule has 1 aromatic carbocycles. The minimum Gasteiger partial charge on any atom is -0.390 e. The van der Waals surface area contributed by atoms with E-state index in [2.05, 4.69) is 80.8 Å². The molecule has 7 fully saturated rings. The van der Waals surface area contributed by atoms with Crippen LogP contribution in [0.5, 0.6) is 0 Å². The van der Waals surface area contributed by atoms with Gasteiger partial charge in [0.1, 0.15) is 0 Å². The lowest BCUT2D eigenvalue weighted by Crippen LogP contribution is -2.57. The Labute approximate surface area is 338 Å². The summed E-state index contributed by atoms with van der Waals surface area (Å²) in [5.41, 5.74) is 10.9. The molecule has 7 saturated carbocycles. The van der Waals surface area contributed by atoms with Gasteiger partial charge in [0.05, 0.1) is 23.3 Å². The number of nitrogens with two attached hydrogens (primary N) is 1. The predicted molar refractivity (Wildman–Crippen MR) is 224 cm³/mol. The highest BCUT2D eigenvalue weighted by Gasteiger charge is 2.74. The first kappa shape index (κ1) is 36.6. The van der Waals surface area contributed by atoms with Crippen LogP contribution < -0.4 is 11.1 Å². The highest BCUT2D eigenvalue weighted by Crippen LogP contribution is 2.75. The first-order chi connectivity index (χ1) is 27.7. The Kier molecular flexibility index (Phi) is 8.50. The average Bonchev–Trinajstić information content (AvgIpc) is 4.00. The van der Waals surface area contributed by atoms with Crippen molar-refractivity contribution in [1.29, 1.82) is 0 Å². The Bertz CT molecular complexity index is 2120. The molecule has 8 heteroatoms. The number of aliphatic hydroxyl groups excluding tert-OH is 1. The maximum Gasteiger partial charge on any atom is 0.189 e. The summed E-state index contributed by atoms with van der Waals surface area (Å²) in [7, 11) is 1.68. The smallest absolute Gasteiger partial charge is 0.189 e. The van der Waals surface area contributed by atoms with E-state index in [-0.39, 0.29) is 52.8 Å². The number of aliphatic hydroxyl groups is 3. The fourth-order valence-electron chi connectivity index (χ4n) is 16.2. The number of allylic oxidation sites excluding steroid dienone is 2. The van der Waals surface area contributed by atoms with E-state index in [4.69, 9.17) is 5.73 Å².